The van der Waals surface area contributed by atoms with Crippen molar-refractivity contribution < 1.29 is 22.3 Å². The predicted octanol–water partition coefficient (Wildman–Crippen LogP) is 2.33. The number of hydrogen-bond donors (Lipinski definition) is 1. The molecule has 0 radical (unpaired) electrons. The number of benzene rings is 2. The van der Waals surface area contributed by atoms with Crippen LogP contribution in [0.4, 0.5) is 4.39 Å². The van der Waals surface area contributed by atoms with Gasteiger partial charge in [0.25, 0.3) is 5.91 Å². The maximum Gasteiger partial charge on any atom is 0.254 e. The Morgan fingerprint density at radius 3 is 2.69 bits per heavy atom. The first-order valence-electron chi connectivity index (χ1n) is 8.05. The van der Waals surface area contributed by atoms with Crippen LogP contribution in [0.25, 0.3) is 0 Å². The largest absolute Gasteiger partial charge is 0.493 e. The van der Waals surface area contributed by atoms with Gasteiger partial charge in [-0.25, -0.2) is 17.1 Å². The van der Waals surface area contributed by atoms with Gasteiger partial charge in [-0.05, 0) is 24.3 Å². The SMILES string of the molecule is CN(C)S(=O)(=O)c1ccc(F)c(C(=O)N[C@@H]2CCOc3ccccc32)c1. The Morgan fingerprint density at radius 2 is 1.96 bits per heavy atom. The van der Waals surface area contributed by atoms with Crippen molar-refractivity contribution in [3.05, 3.63) is 59.4 Å². The van der Waals surface area contributed by atoms with Crippen LogP contribution < -0.4 is 10.1 Å². The van der Waals surface area contributed by atoms with E-state index in [1.165, 1.54) is 14.1 Å². The van der Waals surface area contributed by atoms with E-state index in [9.17, 15) is 17.6 Å². The highest BCUT2D eigenvalue weighted by Gasteiger charge is 2.26. The molecule has 1 amide bonds. The first-order valence-corrected chi connectivity index (χ1v) is 9.49. The fraction of sp³-hybridized carbons (Fsp3) is 0.278. The summed E-state index contributed by atoms with van der Waals surface area (Å²) in [5, 5.41) is 2.77. The van der Waals surface area contributed by atoms with Gasteiger partial charge in [0.15, 0.2) is 0 Å². The minimum Gasteiger partial charge on any atom is -0.493 e. The number of ether oxygens (including phenoxy) is 1. The molecule has 1 N–H and O–H groups in total. The van der Waals surface area contributed by atoms with Gasteiger partial charge >= 0.3 is 0 Å². The van der Waals surface area contributed by atoms with Gasteiger partial charge in [0.05, 0.1) is 23.1 Å². The number of halogens is 1. The number of para-hydroxylation sites is 1. The fourth-order valence-corrected chi connectivity index (χ4v) is 3.71. The number of nitrogens with one attached hydrogen (secondary N) is 1. The van der Waals surface area contributed by atoms with Gasteiger partial charge in [0.1, 0.15) is 11.6 Å². The molecule has 2 aromatic rings. The van der Waals surface area contributed by atoms with Gasteiger partial charge in [0, 0.05) is 26.1 Å². The third kappa shape index (κ3) is 3.42. The molecular weight excluding hydrogens is 359 g/mol. The quantitative estimate of drug-likeness (QED) is 0.886. The molecule has 1 aliphatic heterocycles. The number of nitrogens with zero attached hydrogens (tertiary/aromatic N) is 1. The average Bonchev–Trinajstić information content (AvgIpc) is 2.62. The van der Waals surface area contributed by atoms with E-state index in [0.717, 1.165) is 28.1 Å². The lowest BCUT2D eigenvalue weighted by Crippen LogP contribution is -2.33. The molecule has 26 heavy (non-hydrogen) atoms. The van der Waals surface area contributed by atoms with Gasteiger partial charge in [-0.2, -0.15) is 0 Å². The number of fused-ring (bicyclic) bond motifs is 1. The molecule has 1 heterocycles. The number of amides is 1. The second-order valence-corrected chi connectivity index (χ2v) is 8.28. The molecule has 1 atom stereocenters. The lowest BCUT2D eigenvalue weighted by atomic mass is 10.00. The lowest BCUT2D eigenvalue weighted by Gasteiger charge is -2.26. The van der Waals surface area contributed by atoms with E-state index >= 15 is 0 Å². The number of rotatable bonds is 4. The molecule has 6 nitrogen and oxygen atoms in total. The lowest BCUT2D eigenvalue weighted by molar-refractivity contribution is 0.0920. The molecule has 0 spiro atoms. The van der Waals surface area contributed by atoms with Crippen LogP contribution in [0.15, 0.2) is 47.4 Å². The summed E-state index contributed by atoms with van der Waals surface area (Å²) < 4.78 is 45.2. The third-order valence-corrected chi connectivity index (χ3v) is 6.04. The summed E-state index contributed by atoms with van der Waals surface area (Å²) in [6, 6.07) is 10.2. The van der Waals surface area contributed by atoms with Gasteiger partial charge in [-0.1, -0.05) is 18.2 Å². The second-order valence-electron chi connectivity index (χ2n) is 6.13. The minimum absolute atomic E-state index is 0.138. The molecule has 1 aliphatic rings. The van der Waals surface area contributed by atoms with Crippen molar-refractivity contribution in [1.82, 2.24) is 9.62 Å². The topological polar surface area (TPSA) is 75.7 Å². The van der Waals surface area contributed by atoms with Crippen molar-refractivity contribution in [1.29, 1.82) is 0 Å². The molecule has 0 aromatic heterocycles. The number of carbonyl (C=O) groups is 1. The monoisotopic (exact) mass is 378 g/mol. The van der Waals surface area contributed by atoms with E-state index in [1.54, 1.807) is 6.07 Å². The molecule has 0 fully saturated rings. The zero-order chi connectivity index (χ0) is 18.9. The average molecular weight is 378 g/mol. The van der Waals surface area contributed by atoms with Crippen molar-refractivity contribution in [2.75, 3.05) is 20.7 Å². The second kappa shape index (κ2) is 7.05. The first-order chi connectivity index (χ1) is 12.3. The molecule has 0 saturated carbocycles. The number of carbonyl (C=O) groups excluding carboxylic acids is 1. The molecule has 0 unspecified atom stereocenters. The molecule has 2 aromatic carbocycles. The first kappa shape index (κ1) is 18.3. The molecule has 0 saturated heterocycles. The normalized spacial score (nSPS) is 16.7. The Bertz CT molecular complexity index is 944. The van der Waals surface area contributed by atoms with Crippen molar-refractivity contribution in [2.45, 2.75) is 17.4 Å². The highest BCUT2D eigenvalue weighted by atomic mass is 32.2. The molecular formula is C18H19FN2O4S. The van der Waals surface area contributed by atoms with Gasteiger partial charge in [-0.15, -0.1) is 0 Å². The van der Waals surface area contributed by atoms with E-state index in [4.69, 9.17) is 4.74 Å². The van der Waals surface area contributed by atoms with Crippen LogP contribution in [0.3, 0.4) is 0 Å². The molecule has 0 bridgehead atoms. The van der Waals surface area contributed by atoms with Gasteiger partial charge in [-0.3, -0.25) is 4.79 Å². The van der Waals surface area contributed by atoms with Crippen LogP contribution in [-0.4, -0.2) is 39.3 Å². The Labute approximate surface area is 151 Å². The molecule has 8 heteroatoms. The summed E-state index contributed by atoms with van der Waals surface area (Å²) in [7, 11) is -1.02. The van der Waals surface area contributed by atoms with Crippen LogP contribution in [-0.2, 0) is 10.0 Å². The number of hydrogen-bond acceptors (Lipinski definition) is 4. The Morgan fingerprint density at radius 1 is 1.23 bits per heavy atom. The summed E-state index contributed by atoms with van der Waals surface area (Å²) in [4.78, 5) is 12.5. The summed E-state index contributed by atoms with van der Waals surface area (Å²) in [6.45, 7) is 0.430. The van der Waals surface area contributed by atoms with E-state index in [0.29, 0.717) is 18.8 Å². The van der Waals surface area contributed by atoms with E-state index in [2.05, 4.69) is 5.32 Å². The third-order valence-electron chi connectivity index (χ3n) is 4.22. The maximum atomic E-state index is 14.2. The molecule has 138 valence electrons. The van der Waals surface area contributed by atoms with Crippen molar-refractivity contribution in [2.24, 2.45) is 0 Å². The van der Waals surface area contributed by atoms with Gasteiger partial charge in [0.2, 0.25) is 10.0 Å². The van der Waals surface area contributed by atoms with Crippen LogP contribution >= 0.6 is 0 Å². The zero-order valence-corrected chi connectivity index (χ0v) is 15.2. The highest BCUT2D eigenvalue weighted by molar-refractivity contribution is 7.89. The summed E-state index contributed by atoms with van der Waals surface area (Å²) >= 11 is 0. The van der Waals surface area contributed by atoms with Crippen LogP contribution in [0, 0.1) is 5.82 Å². The predicted molar refractivity (Wildman–Crippen MR) is 94.0 cm³/mol. The summed E-state index contributed by atoms with van der Waals surface area (Å²) in [6.07, 6.45) is 0.542. The van der Waals surface area contributed by atoms with Crippen molar-refractivity contribution in [3.8, 4) is 5.75 Å². The van der Waals surface area contributed by atoms with E-state index in [-0.39, 0.29) is 16.5 Å². The highest BCUT2D eigenvalue weighted by Crippen LogP contribution is 2.32. The van der Waals surface area contributed by atoms with Crippen molar-refractivity contribution >= 4 is 15.9 Å². The maximum absolute atomic E-state index is 14.2. The Kier molecular flexibility index (Phi) is 4.97. The minimum atomic E-state index is -3.76. The Balaban J connectivity index is 1.90. The fourth-order valence-electron chi connectivity index (χ4n) is 2.78. The van der Waals surface area contributed by atoms with Crippen LogP contribution in [0.1, 0.15) is 28.4 Å². The van der Waals surface area contributed by atoms with E-state index in [1.807, 2.05) is 18.2 Å². The summed E-state index contributed by atoms with van der Waals surface area (Å²) in [5.74, 6) is -0.769. The van der Waals surface area contributed by atoms with Gasteiger partial charge < -0.3 is 10.1 Å². The number of sulfonamides is 1. The zero-order valence-electron chi connectivity index (χ0n) is 14.4. The van der Waals surface area contributed by atoms with Crippen LogP contribution in [0.2, 0.25) is 0 Å². The standard InChI is InChI=1S/C18H19FN2O4S/c1-21(2)26(23,24)12-7-8-15(19)14(11-12)18(22)20-16-9-10-25-17-6-4-3-5-13(16)17/h3-8,11,16H,9-10H2,1-2H3,(H,20,22)/t16-/m1/s1. The van der Waals surface area contributed by atoms with E-state index < -0.39 is 21.7 Å². The van der Waals surface area contributed by atoms with Crippen molar-refractivity contribution in [3.63, 3.8) is 0 Å². The molecule has 0 aliphatic carbocycles. The summed E-state index contributed by atoms with van der Waals surface area (Å²) in [5.41, 5.74) is 0.501. The smallest absolute Gasteiger partial charge is 0.254 e. The van der Waals surface area contributed by atoms with Crippen LogP contribution in [0.5, 0.6) is 5.75 Å². The molecule has 3 rings (SSSR count). The Hall–Kier alpha value is -2.45.